The second-order valence-corrected chi connectivity index (χ2v) is 7.01. The minimum atomic E-state index is -2.81. The van der Waals surface area contributed by atoms with Crippen LogP contribution < -0.4 is 5.32 Å². The van der Waals surface area contributed by atoms with E-state index in [1.54, 1.807) is 11.3 Å². The lowest BCUT2D eigenvalue weighted by atomic mass is 10.2. The van der Waals surface area contributed by atoms with Crippen LogP contribution in [0.5, 0.6) is 0 Å². The van der Waals surface area contributed by atoms with Crippen LogP contribution in [-0.4, -0.2) is 60.3 Å². The topological polar surface area (TPSA) is 52.7 Å². The molecule has 0 radical (unpaired) electrons. The molecule has 23 heavy (non-hydrogen) atoms. The Morgan fingerprint density at radius 2 is 2.00 bits per heavy atom. The predicted octanol–water partition coefficient (Wildman–Crippen LogP) is 1.16. The number of rotatable bonds is 5. The first-order chi connectivity index (χ1) is 11.0. The third kappa shape index (κ3) is 4.06. The van der Waals surface area contributed by atoms with Crippen LogP contribution in [0, 0.1) is 5.92 Å². The lowest BCUT2D eigenvalue weighted by molar-refractivity contribution is -0.136. The van der Waals surface area contributed by atoms with Crippen LogP contribution in [-0.2, 0) is 16.1 Å². The smallest absolute Gasteiger partial charge is 0.260 e. The van der Waals surface area contributed by atoms with Crippen molar-refractivity contribution >= 4 is 23.2 Å². The summed E-state index contributed by atoms with van der Waals surface area (Å²) in [5.41, 5.74) is 0. The Labute approximate surface area is 137 Å². The average Bonchev–Trinajstić information content (AvgIpc) is 2.93. The molecule has 2 amide bonds. The van der Waals surface area contributed by atoms with Gasteiger partial charge in [-0.15, -0.1) is 11.3 Å². The van der Waals surface area contributed by atoms with Crippen LogP contribution in [0.25, 0.3) is 0 Å². The van der Waals surface area contributed by atoms with E-state index in [4.69, 9.17) is 0 Å². The van der Waals surface area contributed by atoms with Gasteiger partial charge in [-0.2, -0.15) is 0 Å². The summed E-state index contributed by atoms with van der Waals surface area (Å²) in [6.45, 7) is 2.68. The number of carbonyl (C=O) groups is 2. The molecule has 5 nitrogen and oxygen atoms in total. The van der Waals surface area contributed by atoms with Gasteiger partial charge in [-0.25, -0.2) is 8.78 Å². The van der Waals surface area contributed by atoms with E-state index in [2.05, 4.69) is 5.32 Å². The highest BCUT2D eigenvalue weighted by molar-refractivity contribution is 7.09. The first-order valence-electron chi connectivity index (χ1n) is 7.64. The quantitative estimate of drug-likeness (QED) is 0.873. The molecule has 1 saturated carbocycles. The van der Waals surface area contributed by atoms with Crippen molar-refractivity contribution in [3.63, 3.8) is 0 Å². The largest absolute Gasteiger partial charge is 0.350 e. The summed E-state index contributed by atoms with van der Waals surface area (Å²) >= 11 is 1.59. The van der Waals surface area contributed by atoms with Gasteiger partial charge in [0, 0.05) is 37.5 Å². The van der Waals surface area contributed by atoms with E-state index in [9.17, 15) is 18.4 Å². The molecule has 3 rings (SSSR count). The van der Waals surface area contributed by atoms with Gasteiger partial charge in [-0.05, 0) is 11.4 Å². The fourth-order valence-electron chi connectivity index (χ4n) is 2.69. The number of nitrogens with one attached hydrogen (secondary N) is 1. The summed E-state index contributed by atoms with van der Waals surface area (Å²) < 4.78 is 25.9. The fourth-order valence-corrected chi connectivity index (χ4v) is 3.33. The molecule has 2 aliphatic rings. The van der Waals surface area contributed by atoms with Crippen LogP contribution in [0.15, 0.2) is 17.5 Å². The highest BCUT2D eigenvalue weighted by atomic mass is 32.1. The second-order valence-electron chi connectivity index (χ2n) is 5.98. The number of alkyl halides is 2. The Bertz CT molecular complexity index is 571. The normalized spacial score (nSPS) is 23.6. The van der Waals surface area contributed by atoms with Crippen molar-refractivity contribution in [3.8, 4) is 0 Å². The molecule has 0 bridgehead atoms. The predicted molar refractivity (Wildman–Crippen MR) is 82.2 cm³/mol. The molecule has 1 aliphatic carbocycles. The Hall–Kier alpha value is -1.54. The summed E-state index contributed by atoms with van der Waals surface area (Å²) in [6.07, 6.45) is -0.322. The SMILES string of the molecule is O=C(CN1CCN(C(=O)C2CC2(F)F)CC1)NCc1cccs1. The van der Waals surface area contributed by atoms with Gasteiger partial charge in [0.15, 0.2) is 0 Å². The van der Waals surface area contributed by atoms with Crippen molar-refractivity contribution in [2.45, 2.75) is 18.9 Å². The molecule has 0 aromatic carbocycles. The maximum Gasteiger partial charge on any atom is 0.260 e. The molecular formula is C15H19F2N3O2S. The summed E-state index contributed by atoms with van der Waals surface area (Å²) in [5.74, 6) is -4.44. The van der Waals surface area contributed by atoms with E-state index >= 15 is 0 Å². The van der Waals surface area contributed by atoms with E-state index in [0.717, 1.165) is 4.88 Å². The molecule has 126 valence electrons. The minimum absolute atomic E-state index is 0.0631. The van der Waals surface area contributed by atoms with E-state index in [0.29, 0.717) is 32.7 Å². The molecular weight excluding hydrogens is 324 g/mol. The molecule has 1 unspecified atom stereocenters. The van der Waals surface area contributed by atoms with E-state index in [1.165, 1.54) is 4.90 Å². The van der Waals surface area contributed by atoms with Crippen molar-refractivity contribution in [1.29, 1.82) is 0 Å². The van der Waals surface area contributed by atoms with Gasteiger partial charge in [-0.1, -0.05) is 6.07 Å². The fraction of sp³-hybridized carbons (Fsp3) is 0.600. The van der Waals surface area contributed by atoms with Crippen LogP contribution in [0.3, 0.4) is 0 Å². The molecule has 1 N–H and O–H groups in total. The monoisotopic (exact) mass is 343 g/mol. The van der Waals surface area contributed by atoms with Crippen molar-refractivity contribution in [2.24, 2.45) is 5.92 Å². The van der Waals surface area contributed by atoms with Crippen molar-refractivity contribution in [3.05, 3.63) is 22.4 Å². The number of piperazine rings is 1. The Balaban J connectivity index is 1.37. The number of hydrogen-bond donors (Lipinski definition) is 1. The maximum absolute atomic E-state index is 12.9. The number of nitrogens with zero attached hydrogens (tertiary/aromatic N) is 2. The minimum Gasteiger partial charge on any atom is -0.350 e. The molecule has 1 aromatic heterocycles. The standard InChI is InChI=1S/C15H19F2N3O2S/c16-15(17)8-12(15)14(22)20-5-3-19(4-6-20)10-13(21)18-9-11-2-1-7-23-11/h1-2,7,12H,3-6,8-10H2,(H,18,21). The molecule has 1 saturated heterocycles. The van der Waals surface area contributed by atoms with Gasteiger partial charge in [0.2, 0.25) is 11.8 Å². The molecule has 1 atom stereocenters. The maximum atomic E-state index is 12.9. The van der Waals surface area contributed by atoms with Crippen LogP contribution in [0.2, 0.25) is 0 Å². The number of halogens is 2. The van der Waals surface area contributed by atoms with Gasteiger partial charge >= 0.3 is 0 Å². The second kappa shape index (κ2) is 6.52. The lowest BCUT2D eigenvalue weighted by Crippen LogP contribution is -2.51. The van der Waals surface area contributed by atoms with Gasteiger partial charge < -0.3 is 10.2 Å². The molecule has 2 heterocycles. The van der Waals surface area contributed by atoms with Crippen LogP contribution >= 0.6 is 11.3 Å². The summed E-state index contributed by atoms with van der Waals surface area (Å²) in [7, 11) is 0. The lowest BCUT2D eigenvalue weighted by Gasteiger charge is -2.34. The van der Waals surface area contributed by atoms with Crippen molar-refractivity contribution < 1.29 is 18.4 Å². The number of amides is 2. The Morgan fingerprint density at radius 3 is 2.57 bits per heavy atom. The number of hydrogen-bond acceptors (Lipinski definition) is 4. The van der Waals surface area contributed by atoms with Gasteiger partial charge in [0.1, 0.15) is 5.92 Å². The van der Waals surface area contributed by atoms with Crippen LogP contribution in [0.4, 0.5) is 8.78 Å². The average molecular weight is 343 g/mol. The van der Waals surface area contributed by atoms with Crippen LogP contribution in [0.1, 0.15) is 11.3 Å². The Morgan fingerprint density at radius 1 is 1.30 bits per heavy atom. The van der Waals surface area contributed by atoms with Gasteiger partial charge in [0.05, 0.1) is 13.1 Å². The van der Waals surface area contributed by atoms with E-state index < -0.39 is 17.7 Å². The van der Waals surface area contributed by atoms with E-state index in [-0.39, 0.29) is 18.9 Å². The molecule has 0 spiro atoms. The highest BCUT2D eigenvalue weighted by Gasteiger charge is 2.62. The zero-order valence-electron chi connectivity index (χ0n) is 12.6. The highest BCUT2D eigenvalue weighted by Crippen LogP contribution is 2.49. The Kier molecular flexibility index (Phi) is 4.63. The van der Waals surface area contributed by atoms with Crippen molar-refractivity contribution in [2.75, 3.05) is 32.7 Å². The number of thiophene rings is 1. The molecule has 1 aromatic rings. The third-order valence-electron chi connectivity index (χ3n) is 4.22. The first kappa shape index (κ1) is 16.3. The zero-order chi connectivity index (χ0) is 16.4. The first-order valence-corrected chi connectivity index (χ1v) is 8.52. The van der Waals surface area contributed by atoms with Crippen molar-refractivity contribution in [1.82, 2.24) is 15.1 Å². The molecule has 2 fully saturated rings. The zero-order valence-corrected chi connectivity index (χ0v) is 13.5. The van der Waals surface area contributed by atoms with E-state index in [1.807, 2.05) is 22.4 Å². The summed E-state index contributed by atoms with van der Waals surface area (Å²) in [6, 6.07) is 3.90. The summed E-state index contributed by atoms with van der Waals surface area (Å²) in [5, 5.41) is 4.81. The molecule has 8 heteroatoms. The number of carbonyl (C=O) groups excluding carboxylic acids is 2. The summed E-state index contributed by atoms with van der Waals surface area (Å²) in [4.78, 5) is 28.3. The van der Waals surface area contributed by atoms with Gasteiger partial charge in [0.25, 0.3) is 5.92 Å². The third-order valence-corrected chi connectivity index (χ3v) is 5.09. The van der Waals surface area contributed by atoms with Gasteiger partial charge in [-0.3, -0.25) is 14.5 Å². The molecule has 1 aliphatic heterocycles.